The van der Waals surface area contributed by atoms with Crippen LogP contribution in [0, 0.1) is 11.3 Å². The molecule has 1 aromatic rings. The number of likely N-dealkylation sites (N-methyl/N-ethyl adjacent to an activating group) is 2. The fourth-order valence-corrected chi connectivity index (χ4v) is 9.35. The van der Waals surface area contributed by atoms with Gasteiger partial charge in [0.15, 0.2) is 0 Å². The number of carboxylic acids is 3. The van der Waals surface area contributed by atoms with Gasteiger partial charge >= 0.3 is 17.9 Å². The molecule has 1 saturated heterocycles. The number of rotatable bonds is 31. The molecule has 0 spiro atoms. The van der Waals surface area contributed by atoms with E-state index in [1.54, 1.807) is 27.1 Å². The van der Waals surface area contributed by atoms with Crippen molar-refractivity contribution in [3.63, 3.8) is 0 Å². The number of carbonyl (C=O) groups excluding carboxylic acids is 8. The number of likely N-dealkylation sites (tertiary alicyclic amines) is 1. The highest BCUT2D eigenvalue weighted by Crippen LogP contribution is 2.30. The van der Waals surface area contributed by atoms with Crippen LogP contribution in [0.1, 0.15) is 113 Å². The van der Waals surface area contributed by atoms with Crippen molar-refractivity contribution in [3.05, 3.63) is 47.5 Å². The number of carboxylic acid groups (broad SMARTS) is 3. The third-order valence-electron chi connectivity index (χ3n) is 12.9. The van der Waals surface area contributed by atoms with Gasteiger partial charge in [-0.25, -0.2) is 9.59 Å². The molecule has 0 saturated carbocycles. The van der Waals surface area contributed by atoms with Gasteiger partial charge in [-0.2, -0.15) is 0 Å². The van der Waals surface area contributed by atoms with E-state index in [2.05, 4.69) is 31.9 Å². The summed E-state index contributed by atoms with van der Waals surface area (Å²) in [6.45, 7) is 15.9. The lowest BCUT2D eigenvalue weighted by atomic mass is 9.76. The SMILES string of the molecule is CN[C@H](C(=O)N[C@H](C(=O)N(C)[C@H](/C=C(\C)C(=O)N[C@H](CCC(=O)N[C@@H](C)CCC(=O)N[C@H](CCC(=O)NCCN1C(=O)CC(SC[C@H](N)C(=O)O)C1=O)C(=O)O)C(=O)O)C(C)C)C(C)(C)C)C(C)(C)c1ccccc1. The molecule has 418 valence electrons. The van der Waals surface area contributed by atoms with Gasteiger partial charge < -0.3 is 57.9 Å². The maximum Gasteiger partial charge on any atom is 0.326 e. The summed E-state index contributed by atoms with van der Waals surface area (Å²) in [5.74, 6) is -8.76. The van der Waals surface area contributed by atoms with Gasteiger partial charge in [-0.3, -0.25) is 48.1 Å². The van der Waals surface area contributed by atoms with Crippen molar-refractivity contribution in [2.75, 3.05) is 32.9 Å². The third kappa shape index (κ3) is 20.3. The first-order chi connectivity index (χ1) is 34.8. The molecule has 1 unspecified atom stereocenters. The maximum atomic E-state index is 14.3. The summed E-state index contributed by atoms with van der Waals surface area (Å²) < 4.78 is 0. The zero-order valence-corrected chi connectivity index (χ0v) is 45.8. The molecule has 23 nitrogen and oxygen atoms in total. The fraction of sp³-hybridized carbons (Fsp3) is 0.627. The Morgan fingerprint density at radius 2 is 1.33 bits per heavy atom. The maximum absolute atomic E-state index is 14.3. The molecule has 8 atom stereocenters. The van der Waals surface area contributed by atoms with Crippen molar-refractivity contribution >= 4 is 76.9 Å². The molecule has 1 heterocycles. The lowest BCUT2D eigenvalue weighted by molar-refractivity contribution is -0.142. The first kappa shape index (κ1) is 64.7. The van der Waals surface area contributed by atoms with E-state index in [4.69, 9.17) is 10.8 Å². The van der Waals surface area contributed by atoms with Crippen LogP contribution in [0.25, 0.3) is 0 Å². The molecule has 1 aromatic carbocycles. The molecular weight excluding hydrogens is 995 g/mol. The minimum atomic E-state index is -1.48. The van der Waals surface area contributed by atoms with Crippen molar-refractivity contribution in [1.29, 1.82) is 0 Å². The largest absolute Gasteiger partial charge is 0.480 e. The van der Waals surface area contributed by atoms with Crippen LogP contribution >= 0.6 is 11.8 Å². The van der Waals surface area contributed by atoms with E-state index in [0.717, 1.165) is 22.2 Å². The van der Waals surface area contributed by atoms with Gasteiger partial charge in [0.1, 0.15) is 24.2 Å². The number of nitrogens with two attached hydrogens (primary N) is 1. The lowest BCUT2D eigenvalue weighted by Crippen LogP contribution is -2.61. The summed E-state index contributed by atoms with van der Waals surface area (Å²) in [5, 5.41) is 43.8. The topological polar surface area (TPSA) is 353 Å². The van der Waals surface area contributed by atoms with Crippen LogP contribution in [0.2, 0.25) is 0 Å². The van der Waals surface area contributed by atoms with Crippen LogP contribution in [0.15, 0.2) is 42.0 Å². The van der Waals surface area contributed by atoms with Crippen molar-refractivity contribution in [2.45, 2.75) is 160 Å². The molecule has 8 amide bonds. The summed E-state index contributed by atoms with van der Waals surface area (Å²) in [6.07, 6.45) is 0.0217. The summed E-state index contributed by atoms with van der Waals surface area (Å²) in [5.41, 5.74) is 5.12. The summed E-state index contributed by atoms with van der Waals surface area (Å²) in [7, 11) is 3.26. The average molecular weight is 1070 g/mol. The summed E-state index contributed by atoms with van der Waals surface area (Å²) in [6, 6.07) is 2.46. The molecule has 0 aliphatic carbocycles. The molecule has 0 radical (unpaired) electrons. The smallest absolute Gasteiger partial charge is 0.326 e. The molecule has 1 fully saturated rings. The number of thioether (sulfide) groups is 1. The van der Waals surface area contributed by atoms with E-state index in [1.807, 2.05) is 78.8 Å². The molecule has 2 rings (SSSR count). The van der Waals surface area contributed by atoms with E-state index in [-0.39, 0.29) is 81.2 Å². The normalized spacial score (nSPS) is 16.9. The van der Waals surface area contributed by atoms with Crippen molar-refractivity contribution < 1.29 is 68.1 Å². The van der Waals surface area contributed by atoms with Crippen molar-refractivity contribution in [1.82, 2.24) is 41.7 Å². The summed E-state index contributed by atoms with van der Waals surface area (Å²) in [4.78, 5) is 142. The minimum Gasteiger partial charge on any atom is -0.480 e. The van der Waals surface area contributed by atoms with Gasteiger partial charge in [-0.1, -0.05) is 84.9 Å². The van der Waals surface area contributed by atoms with Crippen LogP contribution in [-0.4, -0.2) is 171 Å². The highest BCUT2D eigenvalue weighted by Gasteiger charge is 2.42. The Balaban J connectivity index is 1.92. The number of imide groups is 1. The second kappa shape index (κ2) is 29.6. The Hall–Kier alpha value is -6.40. The predicted molar refractivity (Wildman–Crippen MR) is 279 cm³/mol. The molecule has 24 heteroatoms. The Labute approximate surface area is 443 Å². The van der Waals surface area contributed by atoms with Crippen molar-refractivity contribution in [2.24, 2.45) is 17.1 Å². The number of nitrogens with one attached hydrogen (secondary N) is 6. The highest BCUT2D eigenvalue weighted by molar-refractivity contribution is 8.00. The zero-order valence-electron chi connectivity index (χ0n) is 44.9. The second-order valence-corrected chi connectivity index (χ2v) is 22.0. The first-order valence-electron chi connectivity index (χ1n) is 24.9. The second-order valence-electron chi connectivity index (χ2n) is 20.8. The van der Waals surface area contributed by atoms with E-state index in [0.29, 0.717) is 0 Å². The lowest BCUT2D eigenvalue weighted by Gasteiger charge is -2.40. The van der Waals surface area contributed by atoms with Gasteiger partial charge in [0.2, 0.25) is 47.3 Å². The molecule has 11 N–H and O–H groups in total. The molecule has 1 aliphatic rings. The quantitative estimate of drug-likeness (QED) is 0.0365. The first-order valence-corrected chi connectivity index (χ1v) is 25.9. The number of hydrogen-bond donors (Lipinski definition) is 10. The van der Waals surface area contributed by atoms with E-state index >= 15 is 0 Å². The zero-order chi connectivity index (χ0) is 57.1. The molecule has 1 aliphatic heterocycles. The van der Waals surface area contributed by atoms with Gasteiger partial charge in [-0.15, -0.1) is 11.8 Å². The fourth-order valence-electron chi connectivity index (χ4n) is 8.24. The van der Waals surface area contributed by atoms with Crippen LogP contribution in [0.5, 0.6) is 0 Å². The van der Waals surface area contributed by atoms with E-state index in [1.165, 1.54) is 11.8 Å². The molecule has 0 aromatic heterocycles. The number of carbonyl (C=O) groups is 11. The van der Waals surface area contributed by atoms with Gasteiger partial charge in [0.25, 0.3) is 0 Å². The Morgan fingerprint density at radius 1 is 0.787 bits per heavy atom. The number of nitrogens with zero attached hydrogens (tertiary/aromatic N) is 2. The number of hydrogen-bond acceptors (Lipinski definition) is 14. The van der Waals surface area contributed by atoms with Gasteiger partial charge in [-0.05, 0) is 57.1 Å². The third-order valence-corrected chi connectivity index (χ3v) is 14.2. The Morgan fingerprint density at radius 3 is 1.87 bits per heavy atom. The highest BCUT2D eigenvalue weighted by atomic mass is 32.2. The van der Waals surface area contributed by atoms with Crippen LogP contribution < -0.4 is 37.6 Å². The van der Waals surface area contributed by atoms with Gasteiger partial charge in [0.05, 0.1) is 17.3 Å². The van der Waals surface area contributed by atoms with Crippen LogP contribution in [0.3, 0.4) is 0 Å². The van der Waals surface area contributed by atoms with E-state index < -0.39 is 118 Å². The standard InChI is InChI=1S/C51H79N9O14S/c1-28(2)35(59(11)46(68)42(50(5,6)7)58-44(66)41(53-10)51(8,9)31-15-13-12-14-16-31)25-29(3)43(65)57-34(49(73)74)19-22-38(62)55-30(4)17-20-39(63)56-33(48(71)72)18-21-37(61)54-23-24-60-40(64)26-36(45(60)67)75-27-32(52)47(69)70/h12-16,25,28,30,32-36,41-42,53H,17-24,26-27,52H2,1-11H3,(H,54,61)(H,55,62)(H,56,63)(H,57,65)(H,58,66)(H,69,70)(H,71,72)(H,73,74)/b29-25+/t30-,32-,33+,34+,35+,36?,41+,42+/m0/s1. The predicted octanol–water partition coefficient (Wildman–Crippen LogP) is 0.885. The van der Waals surface area contributed by atoms with Crippen LogP contribution in [-0.2, 0) is 58.2 Å². The monoisotopic (exact) mass is 1070 g/mol. The molecule has 0 bridgehead atoms. The Bertz CT molecular complexity index is 2250. The average Bonchev–Trinajstić information content (AvgIpc) is 3.60. The number of amides is 8. The van der Waals surface area contributed by atoms with Gasteiger partial charge in [0, 0.05) is 68.6 Å². The number of aliphatic carboxylic acids is 3. The Kier molecular flexibility index (Phi) is 25.6. The van der Waals surface area contributed by atoms with Crippen LogP contribution in [0.4, 0.5) is 0 Å². The van der Waals surface area contributed by atoms with Crippen molar-refractivity contribution in [3.8, 4) is 0 Å². The molecular formula is C51H79N9O14S. The molecule has 75 heavy (non-hydrogen) atoms. The summed E-state index contributed by atoms with van der Waals surface area (Å²) >= 11 is 0.953. The van der Waals surface area contributed by atoms with E-state index in [9.17, 15) is 63.0 Å². The minimum absolute atomic E-state index is 0.0624. The number of benzene rings is 1.